The molecule has 116 valence electrons. The Morgan fingerprint density at radius 1 is 1.43 bits per heavy atom. The smallest absolute Gasteiger partial charge is 0.433 e. The number of esters is 1. The summed E-state index contributed by atoms with van der Waals surface area (Å²) in [6, 6.07) is 2.45. The highest BCUT2D eigenvalue weighted by molar-refractivity contribution is 5.86. The molecule has 0 saturated heterocycles. The fourth-order valence-corrected chi connectivity index (χ4v) is 2.82. The highest BCUT2D eigenvalue weighted by Gasteiger charge is 2.31. The van der Waals surface area contributed by atoms with Crippen LogP contribution in [0.4, 0.5) is 5.88 Å². The lowest BCUT2D eigenvalue weighted by Gasteiger charge is -2.31. The fraction of sp³-hybridized carbons (Fsp3) is 0.643. The summed E-state index contributed by atoms with van der Waals surface area (Å²) in [5, 5.41) is 10.6. The van der Waals surface area contributed by atoms with Crippen molar-refractivity contribution in [3.63, 3.8) is 0 Å². The number of ether oxygens (including phenoxy) is 1. The molecular formula is C14H21N2O5+. The van der Waals surface area contributed by atoms with E-state index in [9.17, 15) is 14.9 Å². The molecule has 1 saturated carbocycles. The van der Waals surface area contributed by atoms with Gasteiger partial charge in [-0.15, -0.1) is 0 Å². The standard InChI is InChI=1S/C14H20N2O5/c1-15(2)9-10-5-3-4-6-11(10)21-14(17)12-7-8-13(20-12)16(18)19/h7-8,10-11H,3-6,9H2,1-2H3/p+1/t10-,11-/m1/s1. The molecule has 0 unspecified atom stereocenters. The molecule has 0 spiro atoms. The van der Waals surface area contributed by atoms with Gasteiger partial charge in [0.15, 0.2) is 0 Å². The first-order valence-corrected chi connectivity index (χ1v) is 7.21. The van der Waals surface area contributed by atoms with Crippen LogP contribution in [0.15, 0.2) is 16.5 Å². The lowest BCUT2D eigenvalue weighted by Crippen LogP contribution is -3.06. The minimum absolute atomic E-state index is 0.108. The Morgan fingerprint density at radius 2 is 2.14 bits per heavy atom. The predicted molar refractivity (Wildman–Crippen MR) is 74.2 cm³/mol. The predicted octanol–water partition coefficient (Wildman–Crippen LogP) is 1.05. The van der Waals surface area contributed by atoms with Crippen LogP contribution >= 0.6 is 0 Å². The first kappa shape index (κ1) is 15.5. The monoisotopic (exact) mass is 297 g/mol. The second-order valence-electron chi connectivity index (χ2n) is 5.79. The van der Waals surface area contributed by atoms with Gasteiger partial charge in [0.1, 0.15) is 11.0 Å². The number of nitrogens with zero attached hydrogens (tertiary/aromatic N) is 1. The van der Waals surface area contributed by atoms with Crippen molar-refractivity contribution in [2.24, 2.45) is 5.92 Å². The quantitative estimate of drug-likeness (QED) is 0.498. The van der Waals surface area contributed by atoms with Crippen molar-refractivity contribution >= 4 is 11.9 Å². The van der Waals surface area contributed by atoms with Crippen LogP contribution in [0.25, 0.3) is 0 Å². The fourth-order valence-electron chi connectivity index (χ4n) is 2.82. The molecule has 1 aromatic heterocycles. The minimum atomic E-state index is -0.671. The normalized spacial score (nSPS) is 22.2. The van der Waals surface area contributed by atoms with Crippen molar-refractivity contribution in [1.29, 1.82) is 0 Å². The molecule has 2 rings (SSSR count). The summed E-state index contributed by atoms with van der Waals surface area (Å²) in [5.74, 6) is -0.838. The van der Waals surface area contributed by atoms with E-state index in [1.807, 2.05) is 0 Å². The van der Waals surface area contributed by atoms with E-state index in [1.165, 1.54) is 17.0 Å². The van der Waals surface area contributed by atoms with Gasteiger partial charge in [0.05, 0.1) is 26.7 Å². The Balaban J connectivity index is 2.00. The van der Waals surface area contributed by atoms with Crippen LogP contribution in [-0.4, -0.2) is 37.6 Å². The van der Waals surface area contributed by atoms with Crippen molar-refractivity contribution in [2.75, 3.05) is 20.6 Å². The molecule has 0 amide bonds. The Morgan fingerprint density at radius 3 is 2.76 bits per heavy atom. The number of carbonyl (C=O) groups excluding carboxylic acids is 1. The summed E-state index contributed by atoms with van der Waals surface area (Å²) in [6.45, 7) is 0.941. The molecule has 0 aliphatic heterocycles. The van der Waals surface area contributed by atoms with E-state index in [2.05, 4.69) is 14.1 Å². The molecule has 1 fully saturated rings. The summed E-state index contributed by atoms with van der Waals surface area (Å²) in [7, 11) is 4.15. The lowest BCUT2D eigenvalue weighted by molar-refractivity contribution is -0.862. The lowest BCUT2D eigenvalue weighted by atomic mass is 9.86. The van der Waals surface area contributed by atoms with Gasteiger partial charge in [0.25, 0.3) is 0 Å². The molecule has 0 aromatic carbocycles. The zero-order chi connectivity index (χ0) is 15.4. The van der Waals surface area contributed by atoms with Gasteiger partial charge in [-0.25, -0.2) is 4.79 Å². The summed E-state index contributed by atoms with van der Waals surface area (Å²) in [6.07, 6.45) is 3.94. The Bertz CT molecular complexity index is 511. The Hall–Kier alpha value is -1.89. The molecular weight excluding hydrogens is 276 g/mol. The van der Waals surface area contributed by atoms with Crippen molar-refractivity contribution in [3.8, 4) is 0 Å². The number of carbonyl (C=O) groups is 1. The summed E-state index contributed by atoms with van der Waals surface area (Å²) < 4.78 is 10.4. The van der Waals surface area contributed by atoms with Gasteiger partial charge < -0.3 is 14.1 Å². The number of nitrogens with one attached hydrogen (secondary N) is 1. The van der Waals surface area contributed by atoms with Gasteiger partial charge >= 0.3 is 11.9 Å². The molecule has 21 heavy (non-hydrogen) atoms. The SMILES string of the molecule is C[NH+](C)C[C@H]1CCCC[C@H]1OC(=O)c1ccc([N+](=O)[O-])o1. The molecule has 7 nitrogen and oxygen atoms in total. The molecule has 1 aromatic rings. The zero-order valence-corrected chi connectivity index (χ0v) is 12.3. The average molecular weight is 297 g/mol. The van der Waals surface area contributed by atoms with E-state index in [0.29, 0.717) is 5.92 Å². The van der Waals surface area contributed by atoms with Gasteiger partial charge in [-0.1, -0.05) is 6.42 Å². The number of quaternary nitrogens is 1. The molecule has 0 radical (unpaired) electrons. The number of hydrogen-bond donors (Lipinski definition) is 1. The average Bonchev–Trinajstić information content (AvgIpc) is 2.90. The molecule has 1 aliphatic carbocycles. The first-order valence-electron chi connectivity index (χ1n) is 7.21. The third-order valence-electron chi connectivity index (χ3n) is 3.74. The van der Waals surface area contributed by atoms with Crippen LogP contribution in [0.2, 0.25) is 0 Å². The van der Waals surface area contributed by atoms with Gasteiger partial charge in [-0.3, -0.25) is 10.1 Å². The third kappa shape index (κ3) is 4.04. The van der Waals surface area contributed by atoms with Gasteiger partial charge in [-0.05, 0) is 25.3 Å². The van der Waals surface area contributed by atoms with E-state index in [1.54, 1.807) is 0 Å². The minimum Gasteiger partial charge on any atom is -0.456 e. The van der Waals surface area contributed by atoms with Crippen molar-refractivity contribution in [2.45, 2.75) is 31.8 Å². The van der Waals surface area contributed by atoms with E-state index in [4.69, 9.17) is 9.15 Å². The van der Waals surface area contributed by atoms with Crippen LogP contribution in [0, 0.1) is 16.0 Å². The zero-order valence-electron chi connectivity index (χ0n) is 12.3. The van der Waals surface area contributed by atoms with Gasteiger partial charge in [0.2, 0.25) is 5.76 Å². The van der Waals surface area contributed by atoms with Crippen LogP contribution < -0.4 is 4.90 Å². The topological polar surface area (TPSA) is 87.0 Å². The van der Waals surface area contributed by atoms with Crippen molar-refractivity contribution < 1.29 is 23.8 Å². The molecule has 2 atom stereocenters. The molecule has 7 heteroatoms. The van der Waals surface area contributed by atoms with E-state index < -0.39 is 16.8 Å². The summed E-state index contributed by atoms with van der Waals surface area (Å²) in [5.41, 5.74) is 0. The van der Waals surface area contributed by atoms with Crippen molar-refractivity contribution in [3.05, 3.63) is 28.0 Å². The number of hydrogen-bond acceptors (Lipinski definition) is 5. The second kappa shape index (κ2) is 6.71. The maximum Gasteiger partial charge on any atom is 0.433 e. The Labute approximate surface area is 123 Å². The number of rotatable bonds is 5. The number of nitro groups is 1. The molecule has 0 bridgehead atoms. The number of furan rings is 1. The molecule has 1 heterocycles. The van der Waals surface area contributed by atoms with E-state index in [-0.39, 0.29) is 11.9 Å². The van der Waals surface area contributed by atoms with Crippen LogP contribution in [0.5, 0.6) is 0 Å². The second-order valence-corrected chi connectivity index (χ2v) is 5.79. The highest BCUT2D eigenvalue weighted by atomic mass is 16.7. The first-order chi connectivity index (χ1) is 9.97. The van der Waals surface area contributed by atoms with Crippen LogP contribution in [0.1, 0.15) is 36.2 Å². The summed E-state index contributed by atoms with van der Waals surface area (Å²) in [4.78, 5) is 23.2. The Kier molecular flexibility index (Phi) is 4.95. The van der Waals surface area contributed by atoms with Crippen LogP contribution in [-0.2, 0) is 4.74 Å². The van der Waals surface area contributed by atoms with Crippen LogP contribution in [0.3, 0.4) is 0 Å². The largest absolute Gasteiger partial charge is 0.456 e. The van der Waals surface area contributed by atoms with Crippen molar-refractivity contribution in [1.82, 2.24) is 0 Å². The summed E-state index contributed by atoms with van der Waals surface area (Å²) >= 11 is 0. The van der Waals surface area contributed by atoms with Gasteiger partial charge in [-0.2, -0.15) is 0 Å². The highest BCUT2D eigenvalue weighted by Crippen LogP contribution is 2.27. The molecule has 1 aliphatic rings. The maximum absolute atomic E-state index is 12.0. The third-order valence-corrected chi connectivity index (χ3v) is 3.74. The van der Waals surface area contributed by atoms with Gasteiger partial charge in [0, 0.05) is 5.92 Å². The maximum atomic E-state index is 12.0. The molecule has 1 N–H and O–H groups in total. The van der Waals surface area contributed by atoms with E-state index >= 15 is 0 Å². The van der Waals surface area contributed by atoms with E-state index in [0.717, 1.165) is 32.2 Å².